The molecule has 2 aliphatic heterocycles. The molecule has 1 atom stereocenters. The van der Waals surface area contributed by atoms with E-state index in [0.717, 1.165) is 70.4 Å². The van der Waals surface area contributed by atoms with Gasteiger partial charge in [0.2, 0.25) is 0 Å². The van der Waals surface area contributed by atoms with Gasteiger partial charge in [0.25, 0.3) is 0 Å². The number of nitrogens with one attached hydrogen (secondary N) is 1. The Morgan fingerprint density at radius 3 is 2.89 bits per heavy atom. The molecule has 7 nitrogen and oxygen atoms in total. The molecular formula is C21H34N4O3. The maximum atomic E-state index is 9.72. The van der Waals surface area contributed by atoms with Crippen LogP contribution in [0.5, 0.6) is 11.5 Å². The Labute approximate surface area is 168 Å². The van der Waals surface area contributed by atoms with Gasteiger partial charge >= 0.3 is 0 Å². The molecule has 0 amide bonds. The van der Waals surface area contributed by atoms with Crippen molar-refractivity contribution in [2.24, 2.45) is 10.9 Å². The van der Waals surface area contributed by atoms with Crippen molar-refractivity contribution in [1.82, 2.24) is 15.1 Å². The highest BCUT2D eigenvalue weighted by molar-refractivity contribution is 5.80. The Kier molecular flexibility index (Phi) is 7.80. The standard InChI is InChI=1S/C21H34N4O3/c1-3-22-21(23-8-6-17-4-5-19(26)20(14-17)27-2)25-9-7-18(16-25)15-24-10-12-28-13-11-24/h4-5,14,18,26H,3,6-13,15-16H2,1-2H3,(H,22,23). The number of ether oxygens (including phenoxy) is 2. The van der Waals surface area contributed by atoms with Gasteiger partial charge < -0.3 is 24.8 Å². The van der Waals surface area contributed by atoms with Gasteiger partial charge in [0, 0.05) is 45.8 Å². The molecule has 2 heterocycles. The van der Waals surface area contributed by atoms with E-state index in [9.17, 15) is 5.11 Å². The first-order valence-corrected chi connectivity index (χ1v) is 10.4. The number of methoxy groups -OCH3 is 1. The average Bonchev–Trinajstić information content (AvgIpc) is 3.17. The van der Waals surface area contributed by atoms with E-state index in [1.54, 1.807) is 13.2 Å². The van der Waals surface area contributed by atoms with Crippen molar-refractivity contribution in [3.63, 3.8) is 0 Å². The third kappa shape index (κ3) is 5.75. The van der Waals surface area contributed by atoms with E-state index in [1.165, 1.54) is 6.42 Å². The lowest BCUT2D eigenvalue weighted by Gasteiger charge is -2.29. The SMILES string of the molecule is CCNC(=NCCc1ccc(O)c(OC)c1)N1CCC(CN2CCOCC2)C1. The van der Waals surface area contributed by atoms with E-state index in [2.05, 4.69) is 22.0 Å². The smallest absolute Gasteiger partial charge is 0.193 e. The second-order valence-corrected chi connectivity index (χ2v) is 7.51. The lowest BCUT2D eigenvalue weighted by Crippen LogP contribution is -2.42. The molecule has 2 fully saturated rings. The summed E-state index contributed by atoms with van der Waals surface area (Å²) < 4.78 is 10.6. The predicted molar refractivity (Wildman–Crippen MR) is 111 cm³/mol. The number of phenolic OH excluding ortho intramolecular Hbond substituents is 1. The number of morpholine rings is 1. The number of nitrogens with zero attached hydrogens (tertiary/aromatic N) is 3. The summed E-state index contributed by atoms with van der Waals surface area (Å²) in [5.41, 5.74) is 1.11. The van der Waals surface area contributed by atoms with E-state index in [1.807, 2.05) is 12.1 Å². The van der Waals surface area contributed by atoms with Crippen LogP contribution in [0, 0.1) is 5.92 Å². The Morgan fingerprint density at radius 2 is 2.14 bits per heavy atom. The number of aromatic hydroxyl groups is 1. The molecule has 0 aliphatic carbocycles. The summed E-state index contributed by atoms with van der Waals surface area (Å²) in [4.78, 5) is 9.77. The summed E-state index contributed by atoms with van der Waals surface area (Å²) >= 11 is 0. The van der Waals surface area contributed by atoms with Crippen LogP contribution in [0.1, 0.15) is 18.9 Å². The van der Waals surface area contributed by atoms with Crippen LogP contribution >= 0.6 is 0 Å². The van der Waals surface area contributed by atoms with Crippen LogP contribution in [0.2, 0.25) is 0 Å². The number of guanidine groups is 1. The molecule has 0 radical (unpaired) electrons. The first-order valence-electron chi connectivity index (χ1n) is 10.4. The second kappa shape index (κ2) is 10.5. The molecule has 2 N–H and O–H groups in total. The minimum absolute atomic E-state index is 0.173. The molecule has 3 rings (SSSR count). The van der Waals surface area contributed by atoms with Crippen LogP contribution in [-0.2, 0) is 11.2 Å². The van der Waals surface area contributed by atoms with Crippen LogP contribution in [0.15, 0.2) is 23.2 Å². The number of hydrogen-bond donors (Lipinski definition) is 2. The molecule has 1 unspecified atom stereocenters. The first-order chi connectivity index (χ1) is 13.7. The summed E-state index contributed by atoms with van der Waals surface area (Å²) in [5, 5.41) is 13.2. The second-order valence-electron chi connectivity index (χ2n) is 7.51. The number of benzene rings is 1. The Bertz CT molecular complexity index is 647. The monoisotopic (exact) mass is 390 g/mol. The van der Waals surface area contributed by atoms with Crippen molar-refractivity contribution in [2.75, 3.05) is 66.1 Å². The third-order valence-corrected chi connectivity index (χ3v) is 5.45. The average molecular weight is 391 g/mol. The molecule has 0 spiro atoms. The van der Waals surface area contributed by atoms with E-state index in [0.29, 0.717) is 18.2 Å². The minimum Gasteiger partial charge on any atom is -0.504 e. The Morgan fingerprint density at radius 1 is 1.32 bits per heavy atom. The van der Waals surface area contributed by atoms with Gasteiger partial charge in [0.05, 0.1) is 20.3 Å². The summed E-state index contributed by atoms with van der Waals surface area (Å²) in [6.45, 7) is 10.8. The molecule has 156 valence electrons. The molecule has 2 aliphatic rings. The summed E-state index contributed by atoms with van der Waals surface area (Å²) in [5.74, 6) is 2.39. The maximum Gasteiger partial charge on any atom is 0.193 e. The van der Waals surface area contributed by atoms with Crippen LogP contribution in [0.4, 0.5) is 0 Å². The van der Waals surface area contributed by atoms with Gasteiger partial charge in [0.15, 0.2) is 17.5 Å². The molecule has 1 aromatic carbocycles. The predicted octanol–water partition coefficient (Wildman–Crippen LogP) is 1.56. The fourth-order valence-electron chi connectivity index (χ4n) is 3.92. The van der Waals surface area contributed by atoms with Gasteiger partial charge in [-0.2, -0.15) is 0 Å². The van der Waals surface area contributed by atoms with Crippen molar-refractivity contribution in [3.05, 3.63) is 23.8 Å². The number of aliphatic imine (C=N–C) groups is 1. The molecule has 0 aromatic heterocycles. The lowest BCUT2D eigenvalue weighted by molar-refractivity contribution is 0.0315. The van der Waals surface area contributed by atoms with Crippen LogP contribution in [0.25, 0.3) is 0 Å². The molecule has 2 saturated heterocycles. The molecule has 28 heavy (non-hydrogen) atoms. The van der Waals surface area contributed by atoms with Crippen molar-refractivity contribution in [1.29, 1.82) is 0 Å². The molecule has 0 saturated carbocycles. The fraction of sp³-hybridized carbons (Fsp3) is 0.667. The van der Waals surface area contributed by atoms with Gasteiger partial charge in [-0.05, 0) is 43.4 Å². The quantitative estimate of drug-likeness (QED) is 0.544. The Balaban J connectivity index is 1.52. The third-order valence-electron chi connectivity index (χ3n) is 5.45. The van der Waals surface area contributed by atoms with E-state index < -0.39 is 0 Å². The first kappa shape index (κ1) is 20.7. The van der Waals surface area contributed by atoms with Crippen molar-refractivity contribution < 1.29 is 14.6 Å². The van der Waals surface area contributed by atoms with Crippen molar-refractivity contribution in [2.45, 2.75) is 19.8 Å². The minimum atomic E-state index is 0.173. The maximum absolute atomic E-state index is 9.72. The highest BCUT2D eigenvalue weighted by Crippen LogP contribution is 2.26. The Hall–Kier alpha value is -1.99. The van der Waals surface area contributed by atoms with Crippen molar-refractivity contribution >= 4 is 5.96 Å². The van der Waals surface area contributed by atoms with Gasteiger partial charge in [-0.25, -0.2) is 0 Å². The summed E-state index contributed by atoms with van der Waals surface area (Å²) in [6, 6.07) is 5.49. The van der Waals surface area contributed by atoms with Crippen molar-refractivity contribution in [3.8, 4) is 11.5 Å². The number of phenols is 1. The largest absolute Gasteiger partial charge is 0.504 e. The van der Waals surface area contributed by atoms with E-state index in [-0.39, 0.29) is 5.75 Å². The highest BCUT2D eigenvalue weighted by atomic mass is 16.5. The summed E-state index contributed by atoms with van der Waals surface area (Å²) in [7, 11) is 1.57. The normalized spacial score (nSPS) is 21.1. The van der Waals surface area contributed by atoms with Gasteiger partial charge in [-0.1, -0.05) is 6.07 Å². The lowest BCUT2D eigenvalue weighted by atomic mass is 10.1. The van der Waals surface area contributed by atoms with Gasteiger partial charge in [-0.15, -0.1) is 0 Å². The zero-order chi connectivity index (χ0) is 19.8. The van der Waals surface area contributed by atoms with Gasteiger partial charge in [0.1, 0.15) is 0 Å². The number of rotatable bonds is 7. The number of likely N-dealkylation sites (tertiary alicyclic amines) is 1. The molecule has 1 aromatic rings. The zero-order valence-corrected chi connectivity index (χ0v) is 17.2. The van der Waals surface area contributed by atoms with Crippen LogP contribution in [0.3, 0.4) is 0 Å². The topological polar surface area (TPSA) is 69.6 Å². The zero-order valence-electron chi connectivity index (χ0n) is 17.2. The van der Waals surface area contributed by atoms with Crippen LogP contribution in [-0.4, -0.2) is 87.0 Å². The molecule has 7 heteroatoms. The molecular weight excluding hydrogens is 356 g/mol. The van der Waals surface area contributed by atoms with E-state index >= 15 is 0 Å². The van der Waals surface area contributed by atoms with E-state index in [4.69, 9.17) is 14.5 Å². The van der Waals surface area contributed by atoms with Gasteiger partial charge in [-0.3, -0.25) is 9.89 Å². The molecule has 0 bridgehead atoms. The number of hydrogen-bond acceptors (Lipinski definition) is 5. The highest BCUT2D eigenvalue weighted by Gasteiger charge is 2.27. The van der Waals surface area contributed by atoms with Crippen LogP contribution < -0.4 is 10.1 Å². The fourth-order valence-corrected chi connectivity index (χ4v) is 3.92. The summed E-state index contributed by atoms with van der Waals surface area (Å²) in [6.07, 6.45) is 2.04.